The lowest BCUT2D eigenvalue weighted by Gasteiger charge is -2.27. The lowest BCUT2D eigenvalue weighted by atomic mass is 10.1. The fraction of sp³-hybridized carbons (Fsp3) is 0.150. The Labute approximate surface area is 171 Å². The maximum absolute atomic E-state index is 12.7. The van der Waals surface area contributed by atoms with Crippen molar-refractivity contribution in [3.05, 3.63) is 86.3 Å². The number of nitrogens with zero attached hydrogens (tertiary/aromatic N) is 4. The van der Waals surface area contributed by atoms with E-state index < -0.39 is 11.1 Å². The van der Waals surface area contributed by atoms with Crippen LogP contribution in [0.2, 0.25) is 0 Å². The Morgan fingerprint density at radius 3 is 2.50 bits per heavy atom. The number of aliphatic imine (C=N–C) groups is 1. The number of methoxy groups -OCH3 is 1. The smallest absolute Gasteiger partial charge is 0.269 e. The molecular formula is C20H18N6O4. The second kappa shape index (κ2) is 7.66. The second-order valence-corrected chi connectivity index (χ2v) is 6.61. The monoisotopic (exact) mass is 406 g/mol. The Hall–Kier alpha value is -4.21. The van der Waals surface area contributed by atoms with Gasteiger partial charge in [0.25, 0.3) is 11.2 Å². The summed E-state index contributed by atoms with van der Waals surface area (Å²) in [4.78, 5) is 32.2. The third-order valence-electron chi connectivity index (χ3n) is 4.56. The third kappa shape index (κ3) is 3.70. The van der Waals surface area contributed by atoms with Crippen molar-refractivity contribution in [1.82, 2.24) is 9.55 Å². The molecule has 0 spiro atoms. The van der Waals surface area contributed by atoms with E-state index in [4.69, 9.17) is 4.74 Å². The molecule has 2 aromatic carbocycles. The molecule has 10 nitrogen and oxygen atoms in total. The Morgan fingerprint density at radius 2 is 1.87 bits per heavy atom. The van der Waals surface area contributed by atoms with Crippen LogP contribution in [0, 0.1) is 17.0 Å². The first kappa shape index (κ1) is 19.1. The van der Waals surface area contributed by atoms with Gasteiger partial charge in [-0.3, -0.25) is 24.8 Å². The number of aryl methyl sites for hydroxylation is 1. The normalized spacial score (nSPS) is 14.9. The van der Waals surface area contributed by atoms with Crippen molar-refractivity contribution in [2.75, 3.05) is 17.7 Å². The van der Waals surface area contributed by atoms with E-state index in [-0.39, 0.29) is 11.2 Å². The predicted molar refractivity (Wildman–Crippen MR) is 112 cm³/mol. The molecule has 152 valence electrons. The third-order valence-corrected chi connectivity index (χ3v) is 4.56. The number of nitrogens with one attached hydrogen (secondary N) is 2. The molecule has 3 aromatic rings. The van der Waals surface area contributed by atoms with E-state index in [1.165, 1.54) is 22.8 Å². The van der Waals surface area contributed by atoms with Crippen molar-refractivity contribution in [2.45, 2.75) is 13.1 Å². The van der Waals surface area contributed by atoms with Crippen LogP contribution in [-0.4, -0.2) is 27.5 Å². The standard InChI is InChI=1S/C20H18N6O4/c1-12-11-17(27)25-18(13-3-7-15(8-4-13)26(28)29)23-19(24-20(25)21-12)22-14-5-9-16(30-2)10-6-14/h3-11,18H,1-2H3,(H2,21,22,23,24). The highest BCUT2D eigenvalue weighted by atomic mass is 16.6. The van der Waals surface area contributed by atoms with Crippen molar-refractivity contribution in [3.63, 3.8) is 0 Å². The van der Waals surface area contributed by atoms with Crippen LogP contribution >= 0.6 is 0 Å². The first-order valence-electron chi connectivity index (χ1n) is 9.05. The number of non-ortho nitro benzene ring substituents is 1. The lowest BCUT2D eigenvalue weighted by molar-refractivity contribution is -0.384. The minimum Gasteiger partial charge on any atom is -0.497 e. The average molecular weight is 406 g/mol. The molecule has 30 heavy (non-hydrogen) atoms. The van der Waals surface area contributed by atoms with Crippen LogP contribution in [0.5, 0.6) is 5.75 Å². The summed E-state index contributed by atoms with van der Waals surface area (Å²) in [7, 11) is 1.59. The van der Waals surface area contributed by atoms with Crippen LogP contribution in [0.3, 0.4) is 0 Å². The molecule has 0 saturated carbocycles. The highest BCUT2D eigenvalue weighted by molar-refractivity contribution is 6.03. The second-order valence-electron chi connectivity index (χ2n) is 6.61. The van der Waals surface area contributed by atoms with E-state index in [0.717, 1.165) is 11.4 Å². The van der Waals surface area contributed by atoms with Gasteiger partial charge in [-0.25, -0.2) is 9.98 Å². The van der Waals surface area contributed by atoms with Gasteiger partial charge in [0.15, 0.2) is 6.17 Å². The zero-order valence-corrected chi connectivity index (χ0v) is 16.2. The van der Waals surface area contributed by atoms with Crippen LogP contribution in [0.4, 0.5) is 17.3 Å². The predicted octanol–water partition coefficient (Wildman–Crippen LogP) is 2.91. The van der Waals surface area contributed by atoms with Gasteiger partial charge in [0.2, 0.25) is 11.9 Å². The Morgan fingerprint density at radius 1 is 1.17 bits per heavy atom. The van der Waals surface area contributed by atoms with E-state index in [1.54, 1.807) is 38.3 Å². The average Bonchev–Trinajstić information content (AvgIpc) is 2.73. The van der Waals surface area contributed by atoms with Crippen molar-refractivity contribution in [2.24, 2.45) is 4.99 Å². The zero-order chi connectivity index (χ0) is 21.3. The molecule has 0 fully saturated rings. The number of hydrogen-bond acceptors (Lipinski definition) is 8. The van der Waals surface area contributed by atoms with Gasteiger partial charge in [-0.05, 0) is 48.9 Å². The van der Waals surface area contributed by atoms with Gasteiger partial charge in [0, 0.05) is 29.6 Å². The van der Waals surface area contributed by atoms with Gasteiger partial charge in [-0.1, -0.05) is 0 Å². The van der Waals surface area contributed by atoms with Crippen LogP contribution in [0.25, 0.3) is 0 Å². The number of aromatic nitrogens is 2. The van der Waals surface area contributed by atoms with Crippen molar-refractivity contribution in [3.8, 4) is 5.75 Å². The molecular weight excluding hydrogens is 388 g/mol. The first-order valence-corrected chi connectivity index (χ1v) is 9.05. The number of guanidine groups is 1. The molecule has 2 heterocycles. The van der Waals surface area contributed by atoms with Gasteiger partial charge in [-0.2, -0.15) is 0 Å². The number of anilines is 2. The molecule has 0 amide bonds. The summed E-state index contributed by atoms with van der Waals surface area (Å²) >= 11 is 0. The number of nitro benzene ring substituents is 1. The molecule has 1 unspecified atom stereocenters. The molecule has 0 radical (unpaired) electrons. The number of ether oxygens (including phenoxy) is 1. The van der Waals surface area contributed by atoms with E-state index in [2.05, 4.69) is 20.6 Å². The van der Waals surface area contributed by atoms with Crippen molar-refractivity contribution >= 4 is 23.3 Å². The number of rotatable bonds is 4. The largest absolute Gasteiger partial charge is 0.497 e. The summed E-state index contributed by atoms with van der Waals surface area (Å²) in [5.74, 6) is 1.44. The SMILES string of the molecule is COc1ccc(NC2=NC(c3ccc([N+](=O)[O-])cc3)n3c(nc(C)cc3=O)N2)cc1. The lowest BCUT2D eigenvalue weighted by Crippen LogP contribution is -2.37. The van der Waals surface area contributed by atoms with Crippen LogP contribution in [0.1, 0.15) is 17.4 Å². The maximum Gasteiger partial charge on any atom is 0.269 e. The number of fused-ring (bicyclic) bond motifs is 1. The highest BCUT2D eigenvalue weighted by Gasteiger charge is 2.25. The summed E-state index contributed by atoms with van der Waals surface area (Å²) in [5, 5.41) is 17.2. The molecule has 4 rings (SSSR count). The molecule has 1 aliphatic heterocycles. The highest BCUT2D eigenvalue weighted by Crippen LogP contribution is 2.27. The topological polar surface area (TPSA) is 124 Å². The summed E-state index contributed by atoms with van der Waals surface area (Å²) < 4.78 is 6.57. The van der Waals surface area contributed by atoms with Crippen molar-refractivity contribution in [1.29, 1.82) is 0 Å². The molecule has 1 aliphatic rings. The fourth-order valence-electron chi connectivity index (χ4n) is 3.11. The van der Waals surface area contributed by atoms with Crippen LogP contribution in [-0.2, 0) is 0 Å². The van der Waals surface area contributed by atoms with E-state index in [9.17, 15) is 14.9 Å². The minimum absolute atomic E-state index is 0.0390. The van der Waals surface area contributed by atoms with Gasteiger partial charge in [0.1, 0.15) is 5.75 Å². The van der Waals surface area contributed by atoms with Gasteiger partial charge in [0.05, 0.1) is 12.0 Å². The Balaban J connectivity index is 1.74. The summed E-state index contributed by atoms with van der Waals surface area (Å²) in [6, 6.07) is 14.6. The molecule has 10 heteroatoms. The summed E-state index contributed by atoms with van der Waals surface area (Å²) in [6.45, 7) is 1.73. The van der Waals surface area contributed by atoms with Crippen LogP contribution < -0.4 is 20.9 Å². The molecule has 2 N–H and O–H groups in total. The quantitative estimate of drug-likeness (QED) is 0.504. The van der Waals surface area contributed by atoms with Crippen molar-refractivity contribution < 1.29 is 9.66 Å². The van der Waals surface area contributed by atoms with E-state index >= 15 is 0 Å². The Bertz CT molecular complexity index is 1190. The molecule has 0 bridgehead atoms. The van der Waals surface area contributed by atoms with Gasteiger partial charge >= 0.3 is 0 Å². The Kier molecular flexibility index (Phi) is 4.88. The molecule has 0 aliphatic carbocycles. The maximum atomic E-state index is 12.7. The zero-order valence-electron chi connectivity index (χ0n) is 16.2. The van der Waals surface area contributed by atoms with Crippen LogP contribution in [0.15, 0.2) is 64.4 Å². The minimum atomic E-state index is -0.733. The number of nitro groups is 1. The first-order chi connectivity index (χ1) is 14.4. The number of benzene rings is 2. The van der Waals surface area contributed by atoms with E-state index in [1.807, 2.05) is 12.1 Å². The van der Waals surface area contributed by atoms with E-state index in [0.29, 0.717) is 23.2 Å². The van der Waals surface area contributed by atoms with Gasteiger partial charge in [-0.15, -0.1) is 0 Å². The summed E-state index contributed by atoms with van der Waals surface area (Å²) in [5.41, 5.74) is 1.62. The summed E-state index contributed by atoms with van der Waals surface area (Å²) in [6.07, 6.45) is -0.733. The number of hydrogen-bond donors (Lipinski definition) is 2. The molecule has 0 saturated heterocycles. The fourth-order valence-corrected chi connectivity index (χ4v) is 3.11. The van der Waals surface area contributed by atoms with Gasteiger partial charge < -0.3 is 10.1 Å². The molecule has 1 atom stereocenters. The molecule has 1 aromatic heterocycles.